The second kappa shape index (κ2) is 12.3. The van der Waals surface area contributed by atoms with E-state index in [2.05, 4.69) is 31.9 Å². The Morgan fingerprint density at radius 3 is 2.60 bits per heavy atom. The van der Waals surface area contributed by atoms with Gasteiger partial charge in [-0.1, -0.05) is 28.1 Å². The van der Waals surface area contributed by atoms with E-state index in [9.17, 15) is 9.59 Å². The number of amides is 2. The molecule has 0 radical (unpaired) electrons. The molecule has 160 valence electrons. The van der Waals surface area contributed by atoms with Crippen molar-refractivity contribution in [1.29, 1.82) is 0 Å². The maximum absolute atomic E-state index is 12.7. The number of carbonyl (C=O) groups is 2. The van der Waals surface area contributed by atoms with Crippen LogP contribution in [0.25, 0.3) is 0 Å². The molecule has 0 aliphatic heterocycles. The van der Waals surface area contributed by atoms with Crippen molar-refractivity contribution in [3.63, 3.8) is 0 Å². The molecule has 0 spiro atoms. The summed E-state index contributed by atoms with van der Waals surface area (Å²) in [6, 6.07) is 12.1. The molecule has 9 heteroatoms. The van der Waals surface area contributed by atoms with E-state index < -0.39 is 5.91 Å². The van der Waals surface area contributed by atoms with Crippen molar-refractivity contribution in [3.8, 4) is 5.75 Å². The van der Waals surface area contributed by atoms with Gasteiger partial charge >= 0.3 is 0 Å². The molecule has 2 amide bonds. The number of thiocarbonyl (C=S) groups is 1. The third-order valence-electron chi connectivity index (χ3n) is 3.94. The molecule has 0 fully saturated rings. The number of halogens is 1. The highest BCUT2D eigenvalue weighted by atomic mass is 79.9. The summed E-state index contributed by atoms with van der Waals surface area (Å²) in [6.07, 6.45) is 0.709. The number of anilines is 1. The van der Waals surface area contributed by atoms with Crippen molar-refractivity contribution in [2.75, 3.05) is 32.2 Å². The SMILES string of the molecule is CCOc1ccc(Br)cc1C(=O)NC(=S)Nc1ccccc1C(=O)NCCCOC. The number of hydrogen-bond donors (Lipinski definition) is 3. The Kier molecular flexibility index (Phi) is 9.72. The van der Waals surface area contributed by atoms with Crippen molar-refractivity contribution in [2.45, 2.75) is 13.3 Å². The van der Waals surface area contributed by atoms with Crippen molar-refractivity contribution in [1.82, 2.24) is 10.6 Å². The molecule has 2 rings (SSSR count). The summed E-state index contributed by atoms with van der Waals surface area (Å²) in [4.78, 5) is 25.1. The van der Waals surface area contributed by atoms with Gasteiger partial charge in [0.05, 0.1) is 23.4 Å². The second-order valence-corrected chi connectivity index (χ2v) is 7.45. The largest absolute Gasteiger partial charge is 0.493 e. The van der Waals surface area contributed by atoms with Crippen LogP contribution in [0.5, 0.6) is 5.75 Å². The summed E-state index contributed by atoms with van der Waals surface area (Å²) in [5.41, 5.74) is 1.26. The van der Waals surface area contributed by atoms with Gasteiger partial charge in [-0.2, -0.15) is 0 Å². The first-order chi connectivity index (χ1) is 14.5. The lowest BCUT2D eigenvalue weighted by Gasteiger charge is -2.15. The molecule has 3 N–H and O–H groups in total. The first-order valence-electron chi connectivity index (χ1n) is 9.37. The van der Waals surface area contributed by atoms with Crippen molar-refractivity contribution in [3.05, 3.63) is 58.1 Å². The van der Waals surface area contributed by atoms with Gasteiger partial charge in [-0.05, 0) is 55.9 Å². The van der Waals surface area contributed by atoms with Gasteiger partial charge in [0.15, 0.2) is 5.11 Å². The van der Waals surface area contributed by atoms with Gasteiger partial charge in [-0.25, -0.2) is 0 Å². The number of carbonyl (C=O) groups excluding carboxylic acids is 2. The van der Waals surface area contributed by atoms with E-state index >= 15 is 0 Å². The number of para-hydroxylation sites is 1. The standard InChI is InChI=1S/C21H24BrN3O4S/c1-3-29-18-10-9-14(22)13-16(18)20(27)25-21(30)24-17-8-5-4-7-15(17)19(26)23-11-6-12-28-2/h4-5,7-10,13H,3,6,11-12H2,1-2H3,(H,23,26)(H2,24,25,27,30). The molecule has 2 aromatic carbocycles. The molecule has 30 heavy (non-hydrogen) atoms. The first kappa shape index (κ1) is 23.8. The zero-order valence-electron chi connectivity index (χ0n) is 16.8. The molecule has 0 heterocycles. The van der Waals surface area contributed by atoms with Crippen LogP contribution in [0.15, 0.2) is 46.9 Å². The molecule has 0 saturated carbocycles. The Bertz CT molecular complexity index is 908. The van der Waals surface area contributed by atoms with Crippen LogP contribution in [-0.2, 0) is 4.74 Å². The minimum Gasteiger partial charge on any atom is -0.493 e. The highest BCUT2D eigenvalue weighted by molar-refractivity contribution is 9.10. The molecule has 2 aromatic rings. The maximum Gasteiger partial charge on any atom is 0.261 e. The minimum atomic E-state index is -0.418. The van der Waals surface area contributed by atoms with Gasteiger partial charge in [0.2, 0.25) is 0 Å². The number of benzene rings is 2. The topological polar surface area (TPSA) is 88.7 Å². The molecule has 0 aliphatic carbocycles. The van der Waals surface area contributed by atoms with Crippen LogP contribution in [0.2, 0.25) is 0 Å². The van der Waals surface area contributed by atoms with Crippen LogP contribution >= 0.6 is 28.1 Å². The molecule has 0 saturated heterocycles. The summed E-state index contributed by atoms with van der Waals surface area (Å²) in [5, 5.41) is 8.45. The van der Waals surface area contributed by atoms with E-state index in [0.717, 1.165) is 4.47 Å². The summed E-state index contributed by atoms with van der Waals surface area (Å²) < 4.78 is 11.2. The molecule has 0 unspecified atom stereocenters. The van der Waals surface area contributed by atoms with E-state index in [1.807, 2.05) is 6.92 Å². The lowest BCUT2D eigenvalue weighted by Crippen LogP contribution is -2.35. The van der Waals surface area contributed by atoms with Gasteiger partial charge < -0.3 is 20.1 Å². The van der Waals surface area contributed by atoms with Crippen LogP contribution in [0, 0.1) is 0 Å². The van der Waals surface area contributed by atoms with Gasteiger partial charge in [-0.3, -0.25) is 14.9 Å². The number of ether oxygens (including phenoxy) is 2. The van der Waals surface area contributed by atoms with Gasteiger partial charge in [0.1, 0.15) is 5.75 Å². The zero-order valence-corrected chi connectivity index (χ0v) is 19.2. The Balaban J connectivity index is 2.06. The lowest BCUT2D eigenvalue weighted by molar-refractivity contribution is 0.0947. The normalized spacial score (nSPS) is 10.2. The fourth-order valence-corrected chi connectivity index (χ4v) is 3.15. The van der Waals surface area contributed by atoms with E-state index in [0.29, 0.717) is 48.7 Å². The second-order valence-electron chi connectivity index (χ2n) is 6.13. The van der Waals surface area contributed by atoms with E-state index in [4.69, 9.17) is 21.7 Å². The Hall–Kier alpha value is -2.49. The van der Waals surface area contributed by atoms with Crippen LogP contribution in [-0.4, -0.2) is 43.8 Å². The number of rotatable bonds is 9. The van der Waals surface area contributed by atoms with Gasteiger partial charge in [-0.15, -0.1) is 0 Å². The predicted molar refractivity (Wildman–Crippen MR) is 124 cm³/mol. The summed E-state index contributed by atoms with van der Waals surface area (Å²) >= 11 is 8.63. The minimum absolute atomic E-state index is 0.0713. The fourth-order valence-electron chi connectivity index (χ4n) is 2.59. The Morgan fingerprint density at radius 2 is 1.87 bits per heavy atom. The molecule has 0 bridgehead atoms. The maximum atomic E-state index is 12.7. The molecule has 7 nitrogen and oxygen atoms in total. The zero-order chi connectivity index (χ0) is 21.9. The highest BCUT2D eigenvalue weighted by Crippen LogP contribution is 2.23. The summed E-state index contributed by atoms with van der Waals surface area (Å²) in [7, 11) is 1.61. The van der Waals surface area contributed by atoms with Gasteiger partial charge in [0.25, 0.3) is 11.8 Å². The highest BCUT2D eigenvalue weighted by Gasteiger charge is 2.16. The fraction of sp³-hybridized carbons (Fsp3) is 0.286. The predicted octanol–water partition coefficient (Wildman–Crippen LogP) is 3.74. The smallest absolute Gasteiger partial charge is 0.261 e. The van der Waals surface area contributed by atoms with Crippen molar-refractivity contribution >= 4 is 50.8 Å². The molecule has 0 aliphatic rings. The first-order valence-corrected chi connectivity index (χ1v) is 10.6. The third-order valence-corrected chi connectivity index (χ3v) is 4.64. The molecular weight excluding hydrogens is 470 g/mol. The monoisotopic (exact) mass is 493 g/mol. The van der Waals surface area contributed by atoms with E-state index in [1.54, 1.807) is 49.6 Å². The van der Waals surface area contributed by atoms with Crippen LogP contribution in [0.3, 0.4) is 0 Å². The molecule has 0 aromatic heterocycles. The lowest BCUT2D eigenvalue weighted by atomic mass is 10.1. The molecule has 0 atom stereocenters. The number of hydrogen-bond acceptors (Lipinski definition) is 5. The van der Waals surface area contributed by atoms with Gasteiger partial charge in [0, 0.05) is 24.7 Å². The van der Waals surface area contributed by atoms with E-state index in [-0.39, 0.29) is 11.0 Å². The third kappa shape index (κ3) is 7.08. The van der Waals surface area contributed by atoms with E-state index in [1.165, 1.54) is 0 Å². The van der Waals surface area contributed by atoms with Crippen LogP contribution < -0.4 is 20.7 Å². The van der Waals surface area contributed by atoms with Crippen LogP contribution in [0.4, 0.5) is 5.69 Å². The molecular formula is C21H24BrN3O4S. The average molecular weight is 494 g/mol. The van der Waals surface area contributed by atoms with Crippen molar-refractivity contribution in [2.24, 2.45) is 0 Å². The Morgan fingerprint density at radius 1 is 1.10 bits per heavy atom. The number of methoxy groups -OCH3 is 1. The quantitative estimate of drug-likeness (QED) is 0.364. The summed E-state index contributed by atoms with van der Waals surface area (Å²) in [6.45, 7) is 3.32. The van der Waals surface area contributed by atoms with Crippen LogP contribution in [0.1, 0.15) is 34.1 Å². The van der Waals surface area contributed by atoms with Crippen molar-refractivity contribution < 1.29 is 19.1 Å². The Labute approximate surface area is 189 Å². The summed E-state index contributed by atoms with van der Waals surface area (Å²) in [5.74, 6) is -0.204. The number of nitrogens with one attached hydrogen (secondary N) is 3. The average Bonchev–Trinajstić information content (AvgIpc) is 2.72.